The van der Waals surface area contributed by atoms with Gasteiger partial charge in [0.05, 0.1) is 19.3 Å². The van der Waals surface area contributed by atoms with Gasteiger partial charge in [0.15, 0.2) is 0 Å². The Labute approximate surface area is 157 Å². The van der Waals surface area contributed by atoms with E-state index in [0.29, 0.717) is 5.56 Å². The minimum Gasteiger partial charge on any atom is -0.379 e. The van der Waals surface area contributed by atoms with E-state index in [9.17, 15) is 4.79 Å². The van der Waals surface area contributed by atoms with Gasteiger partial charge >= 0.3 is 0 Å². The number of hydrogen-bond acceptors (Lipinski definition) is 3. The number of nitrogens with zero attached hydrogens (tertiary/aromatic N) is 1. The molecule has 25 heavy (non-hydrogen) atoms. The van der Waals surface area contributed by atoms with Crippen LogP contribution in [0, 0.1) is 0 Å². The molecule has 1 heterocycles. The molecular formula is C20H23BrN2O2. The molecule has 1 aliphatic heterocycles. The maximum atomic E-state index is 12.6. The Morgan fingerprint density at radius 2 is 1.96 bits per heavy atom. The van der Waals surface area contributed by atoms with Gasteiger partial charge in [0, 0.05) is 29.7 Å². The number of rotatable bonds is 5. The Bertz CT molecular complexity index is 729. The van der Waals surface area contributed by atoms with Crippen LogP contribution in [0.5, 0.6) is 0 Å². The number of halogens is 1. The molecule has 3 rings (SSSR count). The molecule has 5 heteroatoms. The summed E-state index contributed by atoms with van der Waals surface area (Å²) in [7, 11) is 0. The maximum Gasteiger partial charge on any atom is 0.251 e. The van der Waals surface area contributed by atoms with Gasteiger partial charge in [0.1, 0.15) is 0 Å². The molecule has 132 valence electrons. The molecule has 0 aromatic heterocycles. The molecule has 0 saturated carbocycles. The third-order valence-electron chi connectivity index (χ3n) is 4.40. The third-order valence-corrected chi connectivity index (χ3v) is 4.89. The van der Waals surface area contributed by atoms with Crippen molar-refractivity contribution >= 4 is 21.8 Å². The molecule has 0 bridgehead atoms. The van der Waals surface area contributed by atoms with E-state index in [4.69, 9.17) is 4.74 Å². The molecule has 2 aromatic carbocycles. The topological polar surface area (TPSA) is 41.6 Å². The third kappa shape index (κ3) is 5.14. The normalized spacial score (nSPS) is 16.4. The zero-order valence-electron chi connectivity index (χ0n) is 14.4. The Kier molecular flexibility index (Phi) is 6.24. The molecule has 1 atom stereocenters. The van der Waals surface area contributed by atoms with Gasteiger partial charge in [-0.1, -0.05) is 40.2 Å². The van der Waals surface area contributed by atoms with Crippen molar-refractivity contribution in [2.45, 2.75) is 19.5 Å². The van der Waals surface area contributed by atoms with Crippen molar-refractivity contribution in [1.29, 1.82) is 0 Å². The summed E-state index contributed by atoms with van der Waals surface area (Å²) >= 11 is 3.47. The van der Waals surface area contributed by atoms with Gasteiger partial charge in [-0.25, -0.2) is 0 Å². The first kappa shape index (κ1) is 18.1. The molecule has 0 aliphatic carbocycles. The van der Waals surface area contributed by atoms with E-state index in [1.54, 1.807) is 0 Å². The monoisotopic (exact) mass is 402 g/mol. The summed E-state index contributed by atoms with van der Waals surface area (Å²) in [5.74, 6) is -0.0451. The first-order valence-electron chi connectivity index (χ1n) is 8.57. The first-order chi connectivity index (χ1) is 12.1. The highest BCUT2D eigenvalue weighted by Crippen LogP contribution is 2.18. The SMILES string of the molecule is CC(NC(=O)c1cccc(CN2CCOCC2)c1)c1cccc(Br)c1. The van der Waals surface area contributed by atoms with Crippen LogP contribution < -0.4 is 5.32 Å². The van der Waals surface area contributed by atoms with E-state index in [1.807, 2.05) is 49.4 Å². The fraction of sp³-hybridized carbons (Fsp3) is 0.350. The average molecular weight is 403 g/mol. The Balaban J connectivity index is 1.64. The van der Waals surface area contributed by atoms with Gasteiger partial charge in [-0.2, -0.15) is 0 Å². The second kappa shape index (κ2) is 8.61. The minimum atomic E-state index is -0.0482. The number of morpholine rings is 1. The smallest absolute Gasteiger partial charge is 0.251 e. The van der Waals surface area contributed by atoms with Crippen molar-refractivity contribution < 1.29 is 9.53 Å². The molecule has 1 unspecified atom stereocenters. The number of carbonyl (C=O) groups excluding carboxylic acids is 1. The number of amides is 1. The predicted octanol–water partition coefficient (Wildman–Crippen LogP) is 3.77. The van der Waals surface area contributed by atoms with Crippen LogP contribution in [0.15, 0.2) is 53.0 Å². The van der Waals surface area contributed by atoms with Crippen LogP contribution in [0.25, 0.3) is 0 Å². The van der Waals surface area contributed by atoms with Crippen LogP contribution in [0.1, 0.15) is 34.5 Å². The van der Waals surface area contributed by atoms with Crippen molar-refractivity contribution in [3.8, 4) is 0 Å². The summed E-state index contributed by atoms with van der Waals surface area (Å²) < 4.78 is 6.40. The standard InChI is InChI=1S/C20H23BrN2O2/c1-15(17-5-3-7-19(21)13-17)22-20(24)18-6-2-4-16(12-18)14-23-8-10-25-11-9-23/h2-7,12-13,15H,8-11,14H2,1H3,(H,22,24). The highest BCUT2D eigenvalue weighted by molar-refractivity contribution is 9.10. The van der Waals surface area contributed by atoms with E-state index in [1.165, 1.54) is 0 Å². The average Bonchev–Trinajstić information content (AvgIpc) is 2.63. The summed E-state index contributed by atoms with van der Waals surface area (Å²) in [6.45, 7) is 6.30. The number of ether oxygens (including phenoxy) is 1. The summed E-state index contributed by atoms with van der Waals surface area (Å²) in [6, 6.07) is 15.8. The van der Waals surface area contributed by atoms with E-state index < -0.39 is 0 Å². The lowest BCUT2D eigenvalue weighted by molar-refractivity contribution is 0.0342. The van der Waals surface area contributed by atoms with Crippen LogP contribution in [0.4, 0.5) is 0 Å². The molecule has 4 nitrogen and oxygen atoms in total. The molecule has 1 saturated heterocycles. The second-order valence-corrected chi connectivity index (χ2v) is 7.25. The fourth-order valence-electron chi connectivity index (χ4n) is 2.97. The maximum absolute atomic E-state index is 12.6. The van der Waals surface area contributed by atoms with E-state index in [0.717, 1.165) is 48.4 Å². The predicted molar refractivity (Wildman–Crippen MR) is 103 cm³/mol. The quantitative estimate of drug-likeness (QED) is 0.827. The molecule has 0 radical (unpaired) electrons. The highest BCUT2D eigenvalue weighted by Gasteiger charge is 2.14. The minimum absolute atomic E-state index is 0.0451. The molecule has 1 amide bonds. The fourth-order valence-corrected chi connectivity index (χ4v) is 3.38. The largest absolute Gasteiger partial charge is 0.379 e. The van der Waals surface area contributed by atoms with Gasteiger partial charge in [0.25, 0.3) is 5.91 Å². The zero-order chi connectivity index (χ0) is 17.6. The lowest BCUT2D eigenvalue weighted by Crippen LogP contribution is -2.35. The van der Waals surface area contributed by atoms with Gasteiger partial charge in [-0.05, 0) is 42.3 Å². The molecule has 0 spiro atoms. The zero-order valence-corrected chi connectivity index (χ0v) is 16.0. The molecule has 1 N–H and O–H groups in total. The van der Waals surface area contributed by atoms with E-state index in [2.05, 4.69) is 32.2 Å². The van der Waals surface area contributed by atoms with Crippen LogP contribution in [-0.4, -0.2) is 37.1 Å². The number of nitrogens with one attached hydrogen (secondary N) is 1. The molecule has 1 aliphatic rings. The van der Waals surface area contributed by atoms with E-state index >= 15 is 0 Å². The lowest BCUT2D eigenvalue weighted by atomic mass is 10.1. The van der Waals surface area contributed by atoms with Crippen molar-refractivity contribution in [1.82, 2.24) is 10.2 Å². The van der Waals surface area contributed by atoms with Gasteiger partial charge in [0.2, 0.25) is 0 Å². The van der Waals surface area contributed by atoms with Crippen LogP contribution in [-0.2, 0) is 11.3 Å². The first-order valence-corrected chi connectivity index (χ1v) is 9.36. The van der Waals surface area contributed by atoms with Crippen LogP contribution >= 0.6 is 15.9 Å². The molecule has 2 aromatic rings. The summed E-state index contributed by atoms with van der Waals surface area (Å²) in [6.07, 6.45) is 0. The summed E-state index contributed by atoms with van der Waals surface area (Å²) in [5, 5.41) is 3.08. The Morgan fingerprint density at radius 3 is 2.72 bits per heavy atom. The number of carbonyl (C=O) groups is 1. The van der Waals surface area contributed by atoms with E-state index in [-0.39, 0.29) is 11.9 Å². The van der Waals surface area contributed by atoms with Gasteiger partial charge < -0.3 is 10.1 Å². The second-order valence-electron chi connectivity index (χ2n) is 6.34. The Hall–Kier alpha value is -1.69. The van der Waals surface area contributed by atoms with Crippen molar-refractivity contribution in [3.63, 3.8) is 0 Å². The van der Waals surface area contributed by atoms with Crippen LogP contribution in [0.2, 0.25) is 0 Å². The summed E-state index contributed by atoms with van der Waals surface area (Å²) in [4.78, 5) is 15.0. The van der Waals surface area contributed by atoms with Crippen molar-refractivity contribution in [3.05, 3.63) is 69.7 Å². The number of hydrogen-bond donors (Lipinski definition) is 1. The van der Waals surface area contributed by atoms with Crippen molar-refractivity contribution in [2.24, 2.45) is 0 Å². The van der Waals surface area contributed by atoms with Gasteiger partial charge in [-0.15, -0.1) is 0 Å². The van der Waals surface area contributed by atoms with Crippen molar-refractivity contribution in [2.75, 3.05) is 26.3 Å². The lowest BCUT2D eigenvalue weighted by Gasteiger charge is -2.26. The number of benzene rings is 2. The summed E-state index contributed by atoms with van der Waals surface area (Å²) in [5.41, 5.74) is 2.93. The van der Waals surface area contributed by atoms with Gasteiger partial charge in [-0.3, -0.25) is 9.69 Å². The Morgan fingerprint density at radius 1 is 1.20 bits per heavy atom. The highest BCUT2D eigenvalue weighted by atomic mass is 79.9. The van der Waals surface area contributed by atoms with Crippen LogP contribution in [0.3, 0.4) is 0 Å². The molecule has 1 fully saturated rings. The molecular weight excluding hydrogens is 380 g/mol.